The van der Waals surface area contributed by atoms with Crippen LogP contribution in [0.2, 0.25) is 0 Å². The topological polar surface area (TPSA) is 64.9 Å². The molecule has 0 aromatic heterocycles. The molecular weight excluding hydrogens is 262 g/mol. The zero-order valence-corrected chi connectivity index (χ0v) is 12.3. The van der Waals surface area contributed by atoms with Crippen LogP contribution in [0.5, 0.6) is 0 Å². The summed E-state index contributed by atoms with van der Waals surface area (Å²) in [6.45, 7) is 5.01. The fourth-order valence-electron chi connectivity index (χ4n) is 2.11. The van der Waals surface area contributed by atoms with Crippen molar-refractivity contribution in [2.24, 2.45) is 5.92 Å². The molecule has 0 unspecified atom stereocenters. The third kappa shape index (κ3) is 3.73. The van der Waals surface area contributed by atoms with Crippen molar-refractivity contribution in [3.8, 4) is 6.07 Å². The molecule has 0 saturated heterocycles. The van der Waals surface area contributed by atoms with Gasteiger partial charge in [0.2, 0.25) is 5.91 Å². The Bertz CT molecular complexity index is 686. The summed E-state index contributed by atoms with van der Waals surface area (Å²) >= 11 is 0. The molecule has 0 heterocycles. The predicted molar refractivity (Wildman–Crippen MR) is 85.0 cm³/mol. The number of fused-ring (bicyclic) bond motifs is 1. The van der Waals surface area contributed by atoms with Crippen molar-refractivity contribution in [2.75, 3.05) is 18.4 Å². The largest absolute Gasteiger partial charge is 0.376 e. The van der Waals surface area contributed by atoms with E-state index in [4.69, 9.17) is 5.26 Å². The highest BCUT2D eigenvalue weighted by Gasteiger charge is 2.07. The second kappa shape index (κ2) is 6.76. The molecule has 0 aliphatic carbocycles. The van der Waals surface area contributed by atoms with Crippen molar-refractivity contribution in [2.45, 2.75) is 13.8 Å². The molecular formula is C17H19N3O. The van der Waals surface area contributed by atoms with E-state index in [2.05, 4.69) is 30.6 Å². The zero-order chi connectivity index (χ0) is 15.2. The number of rotatable bonds is 5. The number of hydrogen-bond donors (Lipinski definition) is 2. The summed E-state index contributed by atoms with van der Waals surface area (Å²) in [7, 11) is 0. The standard InChI is InChI=1S/C17H19N3O/c1-12(2)10-20-17(21)11-19-16-8-7-13(9-18)14-5-3-4-6-15(14)16/h3-8,12,19H,10-11H2,1-2H3,(H,20,21). The number of carbonyl (C=O) groups is 1. The molecule has 0 saturated carbocycles. The van der Waals surface area contributed by atoms with Crippen LogP contribution in [0.25, 0.3) is 10.8 Å². The normalized spacial score (nSPS) is 10.4. The average molecular weight is 281 g/mol. The van der Waals surface area contributed by atoms with E-state index in [0.717, 1.165) is 16.5 Å². The maximum absolute atomic E-state index is 11.8. The lowest BCUT2D eigenvalue weighted by Crippen LogP contribution is -2.32. The van der Waals surface area contributed by atoms with E-state index in [-0.39, 0.29) is 12.5 Å². The summed E-state index contributed by atoms with van der Waals surface area (Å²) in [6, 6.07) is 13.5. The molecule has 2 N–H and O–H groups in total. The molecule has 21 heavy (non-hydrogen) atoms. The molecule has 2 aromatic carbocycles. The van der Waals surface area contributed by atoms with Gasteiger partial charge in [-0.3, -0.25) is 4.79 Å². The van der Waals surface area contributed by atoms with Gasteiger partial charge in [0, 0.05) is 23.0 Å². The second-order valence-electron chi connectivity index (χ2n) is 5.37. The van der Waals surface area contributed by atoms with Gasteiger partial charge in [0.05, 0.1) is 18.2 Å². The van der Waals surface area contributed by atoms with E-state index in [1.807, 2.05) is 30.3 Å². The van der Waals surface area contributed by atoms with Gasteiger partial charge in [-0.1, -0.05) is 38.1 Å². The highest BCUT2D eigenvalue weighted by atomic mass is 16.1. The number of amides is 1. The van der Waals surface area contributed by atoms with Gasteiger partial charge in [-0.15, -0.1) is 0 Å². The van der Waals surface area contributed by atoms with E-state index in [9.17, 15) is 4.79 Å². The molecule has 0 radical (unpaired) electrons. The third-order valence-corrected chi connectivity index (χ3v) is 3.19. The Hall–Kier alpha value is -2.54. The summed E-state index contributed by atoms with van der Waals surface area (Å²) in [4.78, 5) is 11.8. The van der Waals surface area contributed by atoms with Gasteiger partial charge in [0.25, 0.3) is 0 Å². The Balaban J connectivity index is 2.13. The van der Waals surface area contributed by atoms with Crippen molar-refractivity contribution < 1.29 is 4.79 Å². The molecule has 108 valence electrons. The van der Waals surface area contributed by atoms with Crippen molar-refractivity contribution >= 4 is 22.4 Å². The molecule has 0 bridgehead atoms. The number of nitrogens with zero attached hydrogens (tertiary/aromatic N) is 1. The van der Waals surface area contributed by atoms with Crippen LogP contribution in [0.3, 0.4) is 0 Å². The van der Waals surface area contributed by atoms with Crippen molar-refractivity contribution in [3.05, 3.63) is 42.0 Å². The summed E-state index contributed by atoms with van der Waals surface area (Å²) in [5.74, 6) is 0.404. The zero-order valence-electron chi connectivity index (χ0n) is 12.3. The summed E-state index contributed by atoms with van der Waals surface area (Å²) in [6.07, 6.45) is 0. The molecule has 0 spiro atoms. The van der Waals surface area contributed by atoms with Crippen LogP contribution in [0.15, 0.2) is 36.4 Å². The first-order chi connectivity index (χ1) is 10.1. The Morgan fingerprint density at radius 2 is 1.90 bits per heavy atom. The first kappa shape index (κ1) is 14.9. The predicted octanol–water partition coefficient (Wildman–Crippen LogP) is 2.90. The smallest absolute Gasteiger partial charge is 0.239 e. The van der Waals surface area contributed by atoms with Gasteiger partial charge in [-0.05, 0) is 18.1 Å². The summed E-state index contributed by atoms with van der Waals surface area (Å²) < 4.78 is 0. The minimum absolute atomic E-state index is 0.0304. The van der Waals surface area contributed by atoms with Crippen LogP contribution in [0, 0.1) is 17.2 Å². The fourth-order valence-corrected chi connectivity index (χ4v) is 2.11. The molecule has 0 aliphatic rings. The van der Waals surface area contributed by atoms with E-state index in [1.54, 1.807) is 6.07 Å². The number of nitrogens with one attached hydrogen (secondary N) is 2. The first-order valence-electron chi connectivity index (χ1n) is 7.04. The van der Waals surface area contributed by atoms with Gasteiger partial charge < -0.3 is 10.6 Å². The van der Waals surface area contributed by atoms with Crippen LogP contribution < -0.4 is 10.6 Å². The maximum atomic E-state index is 11.8. The van der Waals surface area contributed by atoms with Crippen molar-refractivity contribution in [1.82, 2.24) is 5.32 Å². The Labute approximate surface area is 124 Å². The van der Waals surface area contributed by atoms with Gasteiger partial charge in [0.15, 0.2) is 0 Å². The van der Waals surface area contributed by atoms with Gasteiger partial charge in [-0.25, -0.2) is 0 Å². The van der Waals surface area contributed by atoms with Gasteiger partial charge in [0.1, 0.15) is 0 Å². The quantitative estimate of drug-likeness (QED) is 0.885. The van der Waals surface area contributed by atoms with E-state index >= 15 is 0 Å². The lowest BCUT2D eigenvalue weighted by Gasteiger charge is -2.12. The van der Waals surface area contributed by atoms with Crippen LogP contribution in [0.1, 0.15) is 19.4 Å². The molecule has 0 aliphatic heterocycles. The van der Waals surface area contributed by atoms with Crippen molar-refractivity contribution in [3.63, 3.8) is 0 Å². The summed E-state index contributed by atoms with van der Waals surface area (Å²) in [5, 5.41) is 17.0. The lowest BCUT2D eigenvalue weighted by atomic mass is 10.0. The monoisotopic (exact) mass is 281 g/mol. The van der Waals surface area contributed by atoms with Crippen LogP contribution in [-0.4, -0.2) is 19.0 Å². The molecule has 0 atom stereocenters. The van der Waals surface area contributed by atoms with Crippen LogP contribution in [-0.2, 0) is 4.79 Å². The molecule has 4 nitrogen and oxygen atoms in total. The Kier molecular flexibility index (Phi) is 4.78. The Morgan fingerprint density at radius 1 is 1.19 bits per heavy atom. The lowest BCUT2D eigenvalue weighted by molar-refractivity contribution is -0.119. The first-order valence-corrected chi connectivity index (χ1v) is 7.04. The van der Waals surface area contributed by atoms with Crippen LogP contribution in [0.4, 0.5) is 5.69 Å². The highest BCUT2D eigenvalue weighted by Crippen LogP contribution is 2.26. The van der Waals surface area contributed by atoms with E-state index in [1.165, 1.54) is 0 Å². The van der Waals surface area contributed by atoms with Gasteiger partial charge in [-0.2, -0.15) is 5.26 Å². The van der Waals surface area contributed by atoms with Gasteiger partial charge >= 0.3 is 0 Å². The molecule has 2 aromatic rings. The SMILES string of the molecule is CC(C)CNC(=O)CNc1ccc(C#N)c2ccccc12. The molecule has 2 rings (SSSR count). The summed E-state index contributed by atoms with van der Waals surface area (Å²) in [5.41, 5.74) is 1.50. The second-order valence-corrected chi connectivity index (χ2v) is 5.37. The number of anilines is 1. The molecule has 0 fully saturated rings. The van der Waals surface area contributed by atoms with Crippen LogP contribution >= 0.6 is 0 Å². The number of benzene rings is 2. The number of carbonyl (C=O) groups excluding carboxylic acids is 1. The van der Waals surface area contributed by atoms with E-state index in [0.29, 0.717) is 18.0 Å². The Morgan fingerprint density at radius 3 is 2.57 bits per heavy atom. The molecule has 4 heteroatoms. The molecule has 1 amide bonds. The fraction of sp³-hybridized carbons (Fsp3) is 0.294. The average Bonchev–Trinajstić information content (AvgIpc) is 2.50. The third-order valence-electron chi connectivity index (χ3n) is 3.19. The minimum Gasteiger partial charge on any atom is -0.376 e. The number of hydrogen-bond acceptors (Lipinski definition) is 3. The highest BCUT2D eigenvalue weighted by molar-refractivity contribution is 5.98. The minimum atomic E-state index is -0.0304. The number of nitriles is 1. The van der Waals surface area contributed by atoms with Crippen molar-refractivity contribution in [1.29, 1.82) is 5.26 Å². The maximum Gasteiger partial charge on any atom is 0.239 e. The van der Waals surface area contributed by atoms with E-state index < -0.39 is 0 Å².